The van der Waals surface area contributed by atoms with Crippen molar-refractivity contribution in [1.82, 2.24) is 9.88 Å². The maximum absolute atomic E-state index is 14.1. The first kappa shape index (κ1) is 25.3. The Labute approximate surface area is 198 Å². The lowest BCUT2D eigenvalue weighted by Gasteiger charge is -2.16. The number of thiophene rings is 1. The van der Waals surface area contributed by atoms with Crippen LogP contribution in [0.5, 0.6) is 0 Å². The highest BCUT2D eigenvalue weighted by atomic mass is 32.1. The Morgan fingerprint density at radius 2 is 1.82 bits per heavy atom. The second-order valence-electron chi connectivity index (χ2n) is 8.22. The van der Waals surface area contributed by atoms with Crippen LogP contribution in [0.15, 0.2) is 47.3 Å². The molecule has 180 valence electrons. The molecule has 0 unspecified atom stereocenters. The van der Waals surface area contributed by atoms with E-state index in [4.69, 9.17) is 5.73 Å². The molecule has 0 saturated heterocycles. The zero-order valence-corrected chi connectivity index (χ0v) is 19.5. The van der Waals surface area contributed by atoms with E-state index in [-0.39, 0.29) is 22.9 Å². The van der Waals surface area contributed by atoms with Gasteiger partial charge in [0.25, 0.3) is 5.56 Å². The van der Waals surface area contributed by atoms with Crippen molar-refractivity contribution in [2.24, 2.45) is 5.92 Å². The number of halogens is 2. The van der Waals surface area contributed by atoms with Gasteiger partial charge in [0.2, 0.25) is 0 Å². The molecule has 3 aromatic rings. The third-order valence-corrected chi connectivity index (χ3v) is 6.32. The Hall–Kier alpha value is -3.37. The molecule has 0 bridgehead atoms. The lowest BCUT2D eigenvalue weighted by Crippen LogP contribution is -2.38. The average Bonchev–Trinajstić information content (AvgIpc) is 3.20. The number of carbonyl (C=O) groups is 2. The highest BCUT2D eigenvalue weighted by Crippen LogP contribution is 2.25. The van der Waals surface area contributed by atoms with Crippen molar-refractivity contribution in [1.29, 1.82) is 0 Å². The Bertz CT molecular complexity index is 1270. The molecule has 10 heteroatoms. The quantitative estimate of drug-likeness (QED) is 0.375. The lowest BCUT2D eigenvalue weighted by molar-refractivity contribution is -0.139. The predicted octanol–water partition coefficient (Wildman–Crippen LogP) is 3.62. The summed E-state index contributed by atoms with van der Waals surface area (Å²) in [6.07, 6.45) is 1.03. The van der Waals surface area contributed by atoms with Gasteiger partial charge in [-0.25, -0.2) is 8.78 Å². The molecule has 0 radical (unpaired) electrons. The third-order valence-electron chi connectivity index (χ3n) is 5.19. The van der Waals surface area contributed by atoms with Crippen molar-refractivity contribution in [3.63, 3.8) is 0 Å². The molecule has 2 heterocycles. The third kappa shape index (κ3) is 5.75. The SMILES string of the molecule is CC(C)C[C@H](NCCc1ccc(-n2c(N)c(C(=O)c3ccc(F)cc3F)ccc2=O)s1)C(=O)O. The summed E-state index contributed by atoms with van der Waals surface area (Å²) >= 11 is 1.27. The van der Waals surface area contributed by atoms with Gasteiger partial charge < -0.3 is 16.2 Å². The summed E-state index contributed by atoms with van der Waals surface area (Å²) in [4.78, 5) is 37.6. The van der Waals surface area contributed by atoms with Crippen LogP contribution in [-0.4, -0.2) is 34.0 Å². The summed E-state index contributed by atoms with van der Waals surface area (Å²) in [5.74, 6) is -3.43. The zero-order chi connectivity index (χ0) is 25.0. The molecule has 0 fully saturated rings. The number of benzene rings is 1. The van der Waals surface area contributed by atoms with Crippen LogP contribution in [0, 0.1) is 17.6 Å². The van der Waals surface area contributed by atoms with E-state index in [2.05, 4.69) is 5.32 Å². The summed E-state index contributed by atoms with van der Waals surface area (Å²) < 4.78 is 28.5. The fourth-order valence-corrected chi connectivity index (χ4v) is 4.55. The van der Waals surface area contributed by atoms with Gasteiger partial charge in [-0.05, 0) is 49.1 Å². The van der Waals surface area contributed by atoms with Gasteiger partial charge in [-0.3, -0.25) is 19.0 Å². The van der Waals surface area contributed by atoms with Crippen molar-refractivity contribution < 1.29 is 23.5 Å². The Balaban J connectivity index is 1.81. The van der Waals surface area contributed by atoms with E-state index in [9.17, 15) is 28.3 Å². The van der Waals surface area contributed by atoms with E-state index < -0.39 is 35.0 Å². The van der Waals surface area contributed by atoms with Crippen molar-refractivity contribution in [3.8, 4) is 5.00 Å². The van der Waals surface area contributed by atoms with Gasteiger partial charge in [-0.15, -0.1) is 11.3 Å². The van der Waals surface area contributed by atoms with Crippen molar-refractivity contribution in [2.75, 3.05) is 12.3 Å². The number of anilines is 1. The molecule has 0 spiro atoms. The number of hydrogen-bond donors (Lipinski definition) is 3. The molecule has 34 heavy (non-hydrogen) atoms. The van der Waals surface area contributed by atoms with E-state index in [0.29, 0.717) is 30.5 Å². The van der Waals surface area contributed by atoms with Crippen LogP contribution in [0.4, 0.5) is 14.6 Å². The molecule has 1 aromatic carbocycles. The molecule has 0 aliphatic rings. The van der Waals surface area contributed by atoms with Crippen LogP contribution < -0.4 is 16.6 Å². The molecule has 1 atom stereocenters. The maximum atomic E-state index is 14.1. The summed E-state index contributed by atoms with van der Waals surface area (Å²) in [5.41, 5.74) is 5.23. The number of rotatable bonds is 10. The van der Waals surface area contributed by atoms with Crippen molar-refractivity contribution in [3.05, 3.63) is 80.5 Å². The summed E-state index contributed by atoms with van der Waals surface area (Å²) in [6.45, 7) is 4.33. The fourth-order valence-electron chi connectivity index (χ4n) is 3.53. The van der Waals surface area contributed by atoms with Crippen LogP contribution in [0.3, 0.4) is 0 Å². The predicted molar refractivity (Wildman–Crippen MR) is 127 cm³/mol. The number of nitrogens with one attached hydrogen (secondary N) is 1. The Kier molecular flexibility index (Phi) is 7.95. The lowest BCUT2D eigenvalue weighted by atomic mass is 10.0. The molecule has 0 aliphatic heterocycles. The summed E-state index contributed by atoms with van der Waals surface area (Å²) in [6, 6.07) is 7.81. The van der Waals surface area contributed by atoms with Crippen molar-refractivity contribution in [2.45, 2.75) is 32.7 Å². The average molecular weight is 490 g/mol. The van der Waals surface area contributed by atoms with E-state index >= 15 is 0 Å². The van der Waals surface area contributed by atoms with Crippen LogP contribution >= 0.6 is 11.3 Å². The fraction of sp³-hybridized carbons (Fsp3) is 0.292. The van der Waals surface area contributed by atoms with Crippen molar-refractivity contribution >= 4 is 28.9 Å². The molecule has 0 aliphatic carbocycles. The standard InChI is InChI=1S/C24H25F2N3O4S/c1-13(2)11-19(24(32)33)28-10-9-15-4-8-21(34-15)29-20(30)7-6-17(23(29)27)22(31)16-5-3-14(25)12-18(16)26/h3-8,12-13,19,28H,9-11,27H2,1-2H3,(H,32,33)/t19-/m0/s1. The Morgan fingerprint density at radius 3 is 2.47 bits per heavy atom. The molecule has 0 saturated carbocycles. The van der Waals surface area contributed by atoms with Gasteiger partial charge in [-0.1, -0.05) is 13.8 Å². The first-order chi connectivity index (χ1) is 16.1. The van der Waals surface area contributed by atoms with Gasteiger partial charge in [-0.2, -0.15) is 0 Å². The summed E-state index contributed by atoms with van der Waals surface area (Å²) in [7, 11) is 0. The topological polar surface area (TPSA) is 114 Å². The number of hydrogen-bond acceptors (Lipinski definition) is 6. The molecular formula is C24H25F2N3O4S. The van der Waals surface area contributed by atoms with E-state index in [1.165, 1.54) is 17.4 Å². The number of carboxylic acid groups (broad SMARTS) is 1. The second-order valence-corrected chi connectivity index (χ2v) is 9.37. The molecule has 4 N–H and O–H groups in total. The number of nitrogens with zero attached hydrogens (tertiary/aromatic N) is 1. The highest BCUT2D eigenvalue weighted by Gasteiger charge is 2.21. The van der Waals surface area contributed by atoms with Gasteiger partial charge in [0.15, 0.2) is 5.78 Å². The largest absolute Gasteiger partial charge is 0.480 e. The van der Waals surface area contributed by atoms with Gasteiger partial charge in [0.1, 0.15) is 28.5 Å². The minimum Gasteiger partial charge on any atom is -0.480 e. The minimum absolute atomic E-state index is 0.0836. The van der Waals surface area contributed by atoms with Crippen LogP contribution in [0.1, 0.15) is 41.1 Å². The van der Waals surface area contributed by atoms with Crippen LogP contribution in [0.25, 0.3) is 5.00 Å². The molecule has 0 amide bonds. The highest BCUT2D eigenvalue weighted by molar-refractivity contribution is 7.14. The molecule has 2 aromatic heterocycles. The number of aromatic nitrogens is 1. The number of nitrogens with two attached hydrogens (primary N) is 1. The number of aliphatic carboxylic acids is 1. The smallest absolute Gasteiger partial charge is 0.320 e. The number of carbonyl (C=O) groups excluding carboxylic acids is 1. The summed E-state index contributed by atoms with van der Waals surface area (Å²) in [5, 5.41) is 12.8. The molecule has 3 rings (SSSR count). The van der Waals surface area contributed by atoms with Gasteiger partial charge in [0, 0.05) is 23.6 Å². The number of ketones is 1. The van der Waals surface area contributed by atoms with Crippen LogP contribution in [-0.2, 0) is 11.2 Å². The normalized spacial score (nSPS) is 12.1. The molecule has 7 nitrogen and oxygen atoms in total. The monoisotopic (exact) mass is 489 g/mol. The van der Waals surface area contributed by atoms with Crippen LogP contribution in [0.2, 0.25) is 0 Å². The van der Waals surface area contributed by atoms with E-state index in [0.717, 1.165) is 27.6 Å². The minimum atomic E-state index is -1.02. The number of pyridine rings is 1. The van der Waals surface area contributed by atoms with E-state index in [1.54, 1.807) is 12.1 Å². The van der Waals surface area contributed by atoms with E-state index in [1.807, 2.05) is 13.8 Å². The molecular weight excluding hydrogens is 464 g/mol. The van der Waals surface area contributed by atoms with Gasteiger partial charge >= 0.3 is 5.97 Å². The maximum Gasteiger partial charge on any atom is 0.320 e. The number of carboxylic acids is 1. The Morgan fingerprint density at radius 1 is 1.12 bits per heavy atom. The number of nitrogen functional groups attached to an aromatic ring is 1. The first-order valence-corrected chi connectivity index (χ1v) is 11.5. The zero-order valence-electron chi connectivity index (χ0n) is 18.7. The first-order valence-electron chi connectivity index (χ1n) is 10.6. The van der Waals surface area contributed by atoms with Gasteiger partial charge in [0.05, 0.1) is 11.1 Å². The second kappa shape index (κ2) is 10.7.